The molecule has 13 heteroatoms. The number of hydrogen-bond acceptors (Lipinski definition) is 7. The SMILES string of the molecule is CN1COCN(Cc2ccccc2[N+](=O)[O-])C1=O.CNC(=O)NCc1ccccc1[N+](=O)[O-]. The number of amides is 4. The highest BCUT2D eigenvalue weighted by Crippen LogP contribution is 2.21. The van der Waals surface area contributed by atoms with Crippen LogP contribution in [0, 0.1) is 20.2 Å². The number of nitro groups is 2. The third-order valence-corrected chi connectivity index (χ3v) is 4.53. The van der Waals surface area contributed by atoms with Gasteiger partial charge in [0, 0.05) is 37.4 Å². The standard InChI is InChI=1S/C11H13N3O4.C9H11N3O3/c1-12-7-18-8-13(11(12)15)6-9-4-2-3-5-10(9)14(16)17;1-10-9(13)11-6-7-4-2-3-5-8(7)12(14)15/h2-5H,6-8H2,1H3;2-5H,6H2,1H3,(H2,10,11,13). The van der Waals surface area contributed by atoms with Crippen LogP contribution >= 0.6 is 0 Å². The lowest BCUT2D eigenvalue weighted by molar-refractivity contribution is -0.385. The summed E-state index contributed by atoms with van der Waals surface area (Å²) in [5, 5.41) is 26.3. The molecule has 0 saturated carbocycles. The zero-order chi connectivity index (χ0) is 24.4. The van der Waals surface area contributed by atoms with E-state index in [9.17, 15) is 29.8 Å². The number of ether oxygens (including phenoxy) is 1. The number of benzene rings is 2. The number of para-hydroxylation sites is 2. The number of nitrogens with zero attached hydrogens (tertiary/aromatic N) is 4. The first kappa shape index (κ1) is 25.0. The van der Waals surface area contributed by atoms with Crippen molar-refractivity contribution in [2.75, 3.05) is 27.6 Å². The molecule has 0 unspecified atom stereocenters. The number of rotatable bonds is 6. The van der Waals surface area contributed by atoms with E-state index < -0.39 is 9.85 Å². The monoisotopic (exact) mass is 460 g/mol. The minimum Gasteiger partial charge on any atom is -0.341 e. The van der Waals surface area contributed by atoms with Crippen LogP contribution in [0.2, 0.25) is 0 Å². The highest BCUT2D eigenvalue weighted by molar-refractivity contribution is 5.74. The van der Waals surface area contributed by atoms with Crippen LogP contribution in [0.5, 0.6) is 0 Å². The summed E-state index contributed by atoms with van der Waals surface area (Å²) < 4.78 is 5.20. The van der Waals surface area contributed by atoms with E-state index in [0.717, 1.165) is 0 Å². The highest BCUT2D eigenvalue weighted by atomic mass is 16.6. The fourth-order valence-corrected chi connectivity index (χ4v) is 2.88. The lowest BCUT2D eigenvalue weighted by Crippen LogP contribution is -2.48. The van der Waals surface area contributed by atoms with E-state index in [1.54, 1.807) is 43.4 Å². The molecule has 4 amide bonds. The first-order valence-corrected chi connectivity index (χ1v) is 9.72. The number of carbonyl (C=O) groups excluding carboxylic acids is 2. The summed E-state index contributed by atoms with van der Waals surface area (Å²) in [6, 6.07) is 12.1. The fourth-order valence-electron chi connectivity index (χ4n) is 2.88. The van der Waals surface area contributed by atoms with Gasteiger partial charge in [-0.1, -0.05) is 36.4 Å². The Morgan fingerprint density at radius 1 is 1.00 bits per heavy atom. The van der Waals surface area contributed by atoms with Crippen LogP contribution < -0.4 is 10.6 Å². The molecule has 33 heavy (non-hydrogen) atoms. The fraction of sp³-hybridized carbons (Fsp3) is 0.300. The van der Waals surface area contributed by atoms with E-state index in [-0.39, 0.29) is 50.0 Å². The van der Waals surface area contributed by atoms with Crippen LogP contribution in [0.4, 0.5) is 21.0 Å². The molecular formula is C20H24N6O7. The van der Waals surface area contributed by atoms with Crippen LogP contribution in [-0.4, -0.2) is 59.3 Å². The number of nitrogens with one attached hydrogen (secondary N) is 2. The molecule has 1 saturated heterocycles. The first-order valence-electron chi connectivity index (χ1n) is 9.72. The van der Waals surface area contributed by atoms with Crippen molar-refractivity contribution in [2.45, 2.75) is 13.1 Å². The van der Waals surface area contributed by atoms with Gasteiger partial charge in [0.2, 0.25) is 0 Å². The van der Waals surface area contributed by atoms with Crippen LogP contribution in [-0.2, 0) is 17.8 Å². The molecule has 1 fully saturated rings. The third kappa shape index (κ3) is 7.14. The minimum atomic E-state index is -0.471. The predicted octanol–water partition coefficient (Wildman–Crippen LogP) is 2.42. The van der Waals surface area contributed by atoms with Crippen molar-refractivity contribution < 1.29 is 24.2 Å². The summed E-state index contributed by atoms with van der Waals surface area (Å²) in [6.45, 7) is 0.693. The molecule has 0 bridgehead atoms. The number of urea groups is 2. The number of hydrogen-bond donors (Lipinski definition) is 2. The molecular weight excluding hydrogens is 436 g/mol. The molecule has 3 rings (SSSR count). The molecule has 176 valence electrons. The van der Waals surface area contributed by atoms with Crippen LogP contribution in [0.3, 0.4) is 0 Å². The van der Waals surface area contributed by atoms with Gasteiger partial charge in [0.1, 0.15) is 13.5 Å². The molecule has 0 aromatic heterocycles. The Morgan fingerprint density at radius 3 is 2.12 bits per heavy atom. The van der Waals surface area contributed by atoms with E-state index in [1.165, 1.54) is 29.0 Å². The molecule has 2 N–H and O–H groups in total. The van der Waals surface area contributed by atoms with E-state index in [1.807, 2.05) is 0 Å². The van der Waals surface area contributed by atoms with E-state index in [4.69, 9.17) is 4.74 Å². The second-order valence-corrected chi connectivity index (χ2v) is 6.85. The normalized spacial score (nSPS) is 13.0. The molecule has 0 spiro atoms. The van der Waals surface area contributed by atoms with Crippen molar-refractivity contribution in [2.24, 2.45) is 0 Å². The lowest BCUT2D eigenvalue weighted by Gasteiger charge is -2.32. The quantitative estimate of drug-likeness (QED) is 0.494. The summed E-state index contributed by atoms with van der Waals surface area (Å²) >= 11 is 0. The number of nitro benzene ring substituents is 2. The molecule has 2 aromatic carbocycles. The van der Waals surface area contributed by atoms with Crippen LogP contribution in [0.1, 0.15) is 11.1 Å². The van der Waals surface area contributed by atoms with Gasteiger partial charge in [0.15, 0.2) is 0 Å². The van der Waals surface area contributed by atoms with Gasteiger partial charge in [-0.15, -0.1) is 0 Å². The molecule has 1 aliphatic rings. The van der Waals surface area contributed by atoms with Crippen molar-refractivity contribution in [3.63, 3.8) is 0 Å². The first-order chi connectivity index (χ1) is 15.7. The average Bonchev–Trinajstić information content (AvgIpc) is 2.81. The van der Waals surface area contributed by atoms with Gasteiger partial charge in [-0.3, -0.25) is 25.1 Å². The van der Waals surface area contributed by atoms with E-state index >= 15 is 0 Å². The molecule has 0 atom stereocenters. The molecule has 1 aliphatic heterocycles. The maximum atomic E-state index is 11.8. The van der Waals surface area contributed by atoms with Gasteiger partial charge in [-0.25, -0.2) is 9.59 Å². The van der Waals surface area contributed by atoms with Crippen molar-refractivity contribution in [1.82, 2.24) is 20.4 Å². The molecule has 1 heterocycles. The summed E-state index contributed by atoms with van der Waals surface area (Å²) in [5.41, 5.74) is 0.994. The van der Waals surface area contributed by atoms with Crippen molar-refractivity contribution in [1.29, 1.82) is 0 Å². The van der Waals surface area contributed by atoms with Crippen LogP contribution in [0.25, 0.3) is 0 Å². The Balaban J connectivity index is 0.000000238. The van der Waals surface area contributed by atoms with Gasteiger partial charge >= 0.3 is 12.1 Å². The summed E-state index contributed by atoms with van der Waals surface area (Å²) in [6.07, 6.45) is 0. The summed E-state index contributed by atoms with van der Waals surface area (Å²) in [5.74, 6) is 0. The lowest BCUT2D eigenvalue weighted by atomic mass is 10.1. The summed E-state index contributed by atoms with van der Waals surface area (Å²) in [4.78, 5) is 46.1. The van der Waals surface area contributed by atoms with Crippen molar-refractivity contribution in [3.8, 4) is 0 Å². The molecule has 0 radical (unpaired) electrons. The topological polar surface area (TPSA) is 160 Å². The Bertz CT molecular complexity index is 1020. The molecule has 0 aliphatic carbocycles. The average molecular weight is 460 g/mol. The Hall–Kier alpha value is -4.26. The smallest absolute Gasteiger partial charge is 0.323 e. The summed E-state index contributed by atoms with van der Waals surface area (Å²) in [7, 11) is 3.10. The van der Waals surface area contributed by atoms with E-state index in [2.05, 4.69) is 10.6 Å². The molecule has 13 nitrogen and oxygen atoms in total. The maximum absolute atomic E-state index is 11.8. The zero-order valence-corrected chi connectivity index (χ0v) is 18.1. The maximum Gasteiger partial charge on any atom is 0.323 e. The Labute approximate surface area is 189 Å². The second kappa shape index (κ2) is 12.0. The predicted molar refractivity (Wildman–Crippen MR) is 117 cm³/mol. The Kier molecular flexibility index (Phi) is 9.06. The van der Waals surface area contributed by atoms with Gasteiger partial charge in [0.25, 0.3) is 11.4 Å². The largest absolute Gasteiger partial charge is 0.341 e. The van der Waals surface area contributed by atoms with Crippen molar-refractivity contribution in [3.05, 3.63) is 79.9 Å². The van der Waals surface area contributed by atoms with Gasteiger partial charge in [-0.05, 0) is 0 Å². The second-order valence-electron chi connectivity index (χ2n) is 6.85. The van der Waals surface area contributed by atoms with Gasteiger partial charge in [-0.2, -0.15) is 0 Å². The molecule has 2 aromatic rings. The van der Waals surface area contributed by atoms with E-state index in [0.29, 0.717) is 11.1 Å². The highest BCUT2D eigenvalue weighted by Gasteiger charge is 2.25. The number of carbonyl (C=O) groups is 2. The van der Waals surface area contributed by atoms with Gasteiger partial charge in [0.05, 0.1) is 22.9 Å². The third-order valence-electron chi connectivity index (χ3n) is 4.53. The minimum absolute atomic E-state index is 0.00824. The Morgan fingerprint density at radius 2 is 1.55 bits per heavy atom. The van der Waals surface area contributed by atoms with Gasteiger partial charge < -0.3 is 20.3 Å². The van der Waals surface area contributed by atoms with Crippen LogP contribution in [0.15, 0.2) is 48.5 Å². The van der Waals surface area contributed by atoms with Crippen molar-refractivity contribution >= 4 is 23.4 Å². The zero-order valence-electron chi connectivity index (χ0n) is 18.1.